The van der Waals surface area contributed by atoms with Crippen LogP contribution < -0.4 is 11.5 Å². The van der Waals surface area contributed by atoms with Gasteiger partial charge in [0.15, 0.2) is 5.96 Å². The van der Waals surface area contributed by atoms with E-state index in [1.165, 1.54) is 0 Å². The number of guanidine groups is 1. The summed E-state index contributed by atoms with van der Waals surface area (Å²) in [4.78, 5) is 0. The molecule has 0 aliphatic carbocycles. The lowest BCUT2D eigenvalue weighted by molar-refractivity contribution is 0.276. The van der Waals surface area contributed by atoms with E-state index in [0.29, 0.717) is 0 Å². The second kappa shape index (κ2) is 26.6. The third kappa shape index (κ3) is 4860. The first kappa shape index (κ1) is 31.4. The zero-order valence-corrected chi connectivity index (χ0v) is 9.83. The van der Waals surface area contributed by atoms with Gasteiger partial charge in [0.05, 0.1) is 0 Å². The van der Waals surface area contributed by atoms with Crippen LogP contribution in [-0.4, -0.2) is 95.5 Å². The molecule has 0 fully saturated rings. The smallest absolute Gasteiger partial charge is 0.402 e. The Morgan fingerprint density at radius 2 is 0.500 bits per heavy atom. The minimum atomic E-state index is -2.17. The maximum Gasteiger partial charge on any atom is 0.631 e. The van der Waals surface area contributed by atoms with Crippen LogP contribution in [0.1, 0.15) is 0 Å². The van der Waals surface area contributed by atoms with Crippen molar-refractivity contribution in [2.45, 2.75) is 0 Å². The first-order chi connectivity index (χ1) is 8.66. The third-order valence-electron chi connectivity index (χ3n) is 0. The zero-order valence-electron chi connectivity index (χ0n) is 9.83. The summed E-state index contributed by atoms with van der Waals surface area (Å²) in [6.07, 6.45) is 0. The van der Waals surface area contributed by atoms with Crippen molar-refractivity contribution < 1.29 is 60.3 Å². The van der Waals surface area contributed by atoms with Gasteiger partial charge in [-0.2, -0.15) is 0 Å². The van der Waals surface area contributed by atoms with Crippen molar-refractivity contribution in [3.63, 3.8) is 0 Å². The first-order valence-electron chi connectivity index (χ1n) is 3.93. The average Bonchev–Trinajstić information content (AvgIpc) is 1.94. The van der Waals surface area contributed by atoms with Gasteiger partial charge in [-0.3, -0.25) is 5.41 Å². The fourth-order valence-corrected chi connectivity index (χ4v) is 0. The summed E-state index contributed by atoms with van der Waals surface area (Å²) in [5.41, 5.74) is 8.94. The molecule has 0 aromatic heterocycles. The predicted molar refractivity (Wildman–Crippen MR) is 65.7 cm³/mol. The topological polar surface area (TPSA) is 319 Å². The summed E-state index contributed by atoms with van der Waals surface area (Å²) >= 11 is 0. The van der Waals surface area contributed by atoms with E-state index < -0.39 is 29.3 Å². The van der Waals surface area contributed by atoms with Crippen molar-refractivity contribution in [3.05, 3.63) is 0 Å². The van der Waals surface area contributed by atoms with Crippen LogP contribution in [0.2, 0.25) is 0 Å². The molecule has 0 atom stereocenters. The number of hydrogen-bond donors (Lipinski definition) is 15. The molecule has 0 radical (unpaired) electrons. The molecule has 20 heavy (non-hydrogen) atoms. The minimum absolute atomic E-state index is 0.333. The first-order valence-corrected chi connectivity index (χ1v) is 3.93. The highest BCUT2D eigenvalue weighted by Gasteiger charge is 1.93. The number of hydrogen-bond acceptors (Lipinski definition) is 13. The van der Waals surface area contributed by atoms with Crippen LogP contribution in [0, 0.1) is 5.41 Å². The highest BCUT2D eigenvalue weighted by molar-refractivity contribution is 6.31. The van der Waals surface area contributed by atoms with Crippen molar-refractivity contribution >= 4 is 35.2 Å². The molecule has 19 heteroatoms. The highest BCUT2D eigenvalue weighted by Crippen LogP contribution is 1.41. The van der Waals surface area contributed by atoms with Crippen molar-refractivity contribution in [2.24, 2.45) is 11.5 Å². The summed E-state index contributed by atoms with van der Waals surface area (Å²) in [5.74, 6) is -0.333. The molecular weight excluding hydrogens is 289 g/mol. The molecular formula is CH17B4N3O12. The lowest BCUT2D eigenvalue weighted by atomic mass is 10.3. The standard InChI is InChI=1S/CH5N3.4BH3O3/c5*2-1(3)4/h(H5,2,3,4);4*2-4H. The predicted octanol–water partition coefficient (Wildman–Crippen LogP) is -9.37. The van der Waals surface area contributed by atoms with Gasteiger partial charge in [0, 0.05) is 0 Å². The quantitative estimate of drug-likeness (QED) is 0.112. The maximum atomic E-state index is 7.17. The summed E-state index contributed by atoms with van der Waals surface area (Å²) in [6, 6.07) is 0. The molecule has 0 aromatic rings. The van der Waals surface area contributed by atoms with E-state index in [2.05, 4.69) is 11.5 Å². The third-order valence-corrected chi connectivity index (χ3v) is 0. The van der Waals surface area contributed by atoms with Crippen LogP contribution in [0.15, 0.2) is 0 Å². The number of nitrogens with one attached hydrogen (secondary N) is 1. The molecule has 0 saturated carbocycles. The SMILES string of the molecule is N=C(N)N.OB(O)O.OB(O)O.OB(O)O.OB(O)O. The van der Waals surface area contributed by atoms with Gasteiger partial charge in [-0.25, -0.2) is 0 Å². The summed E-state index contributed by atoms with van der Waals surface area (Å²) < 4.78 is 0. The molecule has 0 saturated heterocycles. The van der Waals surface area contributed by atoms with E-state index >= 15 is 0 Å². The normalized spacial score (nSPS) is 6.60. The Balaban J connectivity index is -0.0000000469. The average molecular weight is 306 g/mol. The van der Waals surface area contributed by atoms with E-state index in [-0.39, 0.29) is 5.96 Å². The molecule has 15 nitrogen and oxygen atoms in total. The molecule has 0 rings (SSSR count). The number of nitrogens with two attached hydrogens (primary N) is 2. The van der Waals surface area contributed by atoms with E-state index in [4.69, 9.17) is 65.7 Å². The Kier molecular flexibility index (Phi) is 41.8. The Labute approximate surface area is 113 Å². The van der Waals surface area contributed by atoms with Gasteiger partial charge in [0.1, 0.15) is 0 Å². The Morgan fingerprint density at radius 1 is 0.500 bits per heavy atom. The summed E-state index contributed by atoms with van der Waals surface area (Å²) in [7, 11) is -8.67. The van der Waals surface area contributed by atoms with Crippen LogP contribution in [0.3, 0.4) is 0 Å². The van der Waals surface area contributed by atoms with Crippen molar-refractivity contribution in [1.82, 2.24) is 0 Å². The Hall–Kier alpha value is -0.950. The molecule has 17 N–H and O–H groups in total. The van der Waals surface area contributed by atoms with Gasteiger partial charge < -0.3 is 71.8 Å². The van der Waals surface area contributed by atoms with Crippen LogP contribution in [-0.2, 0) is 0 Å². The van der Waals surface area contributed by atoms with Crippen molar-refractivity contribution in [3.8, 4) is 0 Å². The Bertz CT molecular complexity index is 130. The molecule has 0 aliphatic heterocycles. The summed E-state index contributed by atoms with van der Waals surface area (Å²) in [5, 5.41) is 92.1. The lowest BCUT2D eigenvalue weighted by Crippen LogP contribution is -2.20. The maximum absolute atomic E-state index is 7.17. The second-order valence-corrected chi connectivity index (χ2v) is 1.84. The Morgan fingerprint density at radius 3 is 0.500 bits per heavy atom. The fourth-order valence-electron chi connectivity index (χ4n) is 0. The second-order valence-electron chi connectivity index (χ2n) is 1.84. The van der Waals surface area contributed by atoms with Crippen LogP contribution in [0.25, 0.3) is 0 Å². The molecule has 120 valence electrons. The zero-order chi connectivity index (χ0) is 17.9. The van der Waals surface area contributed by atoms with Crippen LogP contribution in [0.5, 0.6) is 0 Å². The van der Waals surface area contributed by atoms with Gasteiger partial charge >= 0.3 is 29.3 Å². The largest absolute Gasteiger partial charge is 0.631 e. The molecule has 0 aromatic carbocycles. The van der Waals surface area contributed by atoms with E-state index in [1.807, 2.05) is 0 Å². The van der Waals surface area contributed by atoms with Gasteiger partial charge in [0.25, 0.3) is 0 Å². The monoisotopic (exact) mass is 307 g/mol. The molecule has 0 aliphatic rings. The van der Waals surface area contributed by atoms with Gasteiger partial charge in [0.2, 0.25) is 0 Å². The molecule has 0 heterocycles. The van der Waals surface area contributed by atoms with Gasteiger partial charge in [-0.15, -0.1) is 0 Å². The lowest BCUT2D eigenvalue weighted by Gasteiger charge is -1.69. The highest BCUT2D eigenvalue weighted by atomic mass is 16.5. The van der Waals surface area contributed by atoms with E-state index in [1.54, 1.807) is 0 Å². The van der Waals surface area contributed by atoms with Gasteiger partial charge in [-0.05, 0) is 0 Å². The van der Waals surface area contributed by atoms with E-state index in [9.17, 15) is 0 Å². The van der Waals surface area contributed by atoms with Crippen LogP contribution >= 0.6 is 0 Å². The van der Waals surface area contributed by atoms with E-state index in [0.717, 1.165) is 0 Å². The number of rotatable bonds is 0. The van der Waals surface area contributed by atoms with Crippen molar-refractivity contribution in [2.75, 3.05) is 0 Å². The van der Waals surface area contributed by atoms with Crippen molar-refractivity contribution in [1.29, 1.82) is 5.41 Å². The van der Waals surface area contributed by atoms with Crippen LogP contribution in [0.4, 0.5) is 0 Å². The molecule has 0 amide bonds. The fraction of sp³-hybridized carbons (Fsp3) is 0. The minimum Gasteiger partial charge on any atom is -0.402 e. The molecule has 0 unspecified atom stereocenters. The molecule has 0 bridgehead atoms. The summed E-state index contributed by atoms with van der Waals surface area (Å²) in [6.45, 7) is 0. The molecule has 0 spiro atoms. The van der Waals surface area contributed by atoms with Gasteiger partial charge in [-0.1, -0.05) is 0 Å².